The first-order valence-electron chi connectivity index (χ1n) is 6.50. The lowest BCUT2D eigenvalue weighted by atomic mass is 10.1. The molecule has 0 spiro atoms. The molecule has 0 aliphatic rings. The lowest BCUT2D eigenvalue weighted by Gasteiger charge is -2.14. The monoisotopic (exact) mass is 339 g/mol. The van der Waals surface area contributed by atoms with E-state index >= 15 is 0 Å². The first kappa shape index (κ1) is 15.5. The van der Waals surface area contributed by atoms with Crippen LogP contribution in [0.1, 0.15) is 11.3 Å². The molecule has 0 unspecified atom stereocenters. The highest BCUT2D eigenvalue weighted by Crippen LogP contribution is 2.32. The molecule has 118 valence electrons. The van der Waals surface area contributed by atoms with Crippen molar-refractivity contribution in [3.63, 3.8) is 0 Å². The van der Waals surface area contributed by atoms with E-state index in [1.165, 1.54) is 24.4 Å². The quantitative estimate of drug-likeness (QED) is 0.634. The SMILES string of the molecule is Cc1nc(=O)n(-c2cccnc2Cl)c2cc(C(F)(F)F)ccc12. The van der Waals surface area contributed by atoms with Crippen molar-refractivity contribution >= 4 is 22.5 Å². The first-order chi connectivity index (χ1) is 10.8. The Labute approximate surface area is 133 Å². The Morgan fingerprint density at radius 3 is 2.61 bits per heavy atom. The molecule has 0 atom stereocenters. The van der Waals surface area contributed by atoms with Gasteiger partial charge in [0, 0.05) is 11.6 Å². The Balaban J connectivity index is 2.46. The Morgan fingerprint density at radius 1 is 1.22 bits per heavy atom. The normalized spacial score (nSPS) is 11.9. The molecule has 3 rings (SSSR count). The summed E-state index contributed by atoms with van der Waals surface area (Å²) in [6.07, 6.45) is -3.10. The van der Waals surface area contributed by atoms with E-state index in [0.717, 1.165) is 16.7 Å². The highest BCUT2D eigenvalue weighted by atomic mass is 35.5. The predicted molar refractivity (Wildman–Crippen MR) is 79.9 cm³/mol. The molecule has 0 bridgehead atoms. The van der Waals surface area contributed by atoms with Gasteiger partial charge >= 0.3 is 11.9 Å². The Hall–Kier alpha value is -2.41. The highest BCUT2D eigenvalue weighted by Gasteiger charge is 2.31. The van der Waals surface area contributed by atoms with Gasteiger partial charge in [0.1, 0.15) is 0 Å². The molecule has 2 aromatic heterocycles. The molecule has 0 fully saturated rings. The van der Waals surface area contributed by atoms with E-state index in [0.29, 0.717) is 11.1 Å². The van der Waals surface area contributed by atoms with Crippen molar-refractivity contribution in [2.45, 2.75) is 13.1 Å². The Bertz CT molecular complexity index is 966. The third-order valence-corrected chi connectivity index (χ3v) is 3.68. The average molecular weight is 340 g/mol. The van der Waals surface area contributed by atoms with Crippen molar-refractivity contribution in [3.8, 4) is 5.69 Å². The third kappa shape index (κ3) is 2.68. The smallest absolute Gasteiger partial charge is 0.257 e. The summed E-state index contributed by atoms with van der Waals surface area (Å²) in [6, 6.07) is 6.19. The number of pyridine rings is 1. The van der Waals surface area contributed by atoms with Crippen LogP contribution in [0.2, 0.25) is 5.15 Å². The van der Waals surface area contributed by atoms with E-state index in [1.54, 1.807) is 6.92 Å². The van der Waals surface area contributed by atoms with E-state index < -0.39 is 17.4 Å². The number of rotatable bonds is 1. The zero-order chi connectivity index (χ0) is 16.8. The molecule has 0 saturated carbocycles. The number of alkyl halides is 3. The van der Waals surface area contributed by atoms with E-state index in [4.69, 9.17) is 11.6 Å². The molecule has 4 nitrogen and oxygen atoms in total. The van der Waals surface area contributed by atoms with Crippen molar-refractivity contribution < 1.29 is 13.2 Å². The van der Waals surface area contributed by atoms with Gasteiger partial charge in [0.05, 0.1) is 22.5 Å². The van der Waals surface area contributed by atoms with E-state index in [2.05, 4.69) is 9.97 Å². The second kappa shape index (κ2) is 5.34. The van der Waals surface area contributed by atoms with Crippen LogP contribution in [0.5, 0.6) is 0 Å². The Kier molecular flexibility index (Phi) is 3.60. The van der Waals surface area contributed by atoms with Gasteiger partial charge in [-0.25, -0.2) is 9.78 Å². The number of aryl methyl sites for hydroxylation is 1. The van der Waals surface area contributed by atoms with Gasteiger partial charge in [-0.3, -0.25) is 4.57 Å². The minimum absolute atomic E-state index is 0.000959. The zero-order valence-corrected chi connectivity index (χ0v) is 12.5. The van der Waals surface area contributed by atoms with Gasteiger partial charge in [0.25, 0.3) is 0 Å². The lowest BCUT2D eigenvalue weighted by molar-refractivity contribution is -0.137. The van der Waals surface area contributed by atoms with Crippen molar-refractivity contribution in [2.75, 3.05) is 0 Å². The molecule has 2 heterocycles. The second-order valence-corrected chi connectivity index (χ2v) is 5.22. The fourth-order valence-corrected chi connectivity index (χ4v) is 2.54. The van der Waals surface area contributed by atoms with Crippen LogP contribution in [0.15, 0.2) is 41.3 Å². The van der Waals surface area contributed by atoms with E-state index in [9.17, 15) is 18.0 Å². The summed E-state index contributed by atoms with van der Waals surface area (Å²) in [4.78, 5) is 20.0. The molecule has 0 aliphatic heterocycles. The minimum atomic E-state index is -4.52. The molecule has 3 aromatic rings. The summed E-state index contributed by atoms with van der Waals surface area (Å²) in [5.41, 5.74) is -0.980. The number of aromatic nitrogens is 3. The predicted octanol–water partition coefficient (Wildman–Crippen LogP) is 3.76. The minimum Gasteiger partial charge on any atom is -0.257 e. The maximum atomic E-state index is 13.0. The summed E-state index contributed by atoms with van der Waals surface area (Å²) < 4.78 is 40.0. The molecular formula is C15H9ClF3N3O. The van der Waals surface area contributed by atoms with Gasteiger partial charge < -0.3 is 0 Å². The molecule has 1 aromatic carbocycles. The summed E-state index contributed by atoms with van der Waals surface area (Å²) in [5.74, 6) is 0. The van der Waals surface area contributed by atoms with E-state index in [-0.39, 0.29) is 16.4 Å². The molecule has 23 heavy (non-hydrogen) atoms. The van der Waals surface area contributed by atoms with Crippen molar-refractivity contribution in [3.05, 3.63) is 63.4 Å². The van der Waals surface area contributed by atoms with Gasteiger partial charge in [-0.15, -0.1) is 0 Å². The summed E-state index contributed by atoms with van der Waals surface area (Å²) in [7, 11) is 0. The number of halogens is 4. The molecule has 0 aliphatic carbocycles. The first-order valence-corrected chi connectivity index (χ1v) is 6.88. The molecule has 8 heteroatoms. The standard InChI is InChI=1S/C15H9ClF3N3O/c1-8-10-5-4-9(15(17,18)19)7-12(10)22(14(23)21-8)11-3-2-6-20-13(11)16/h2-7H,1H3. The molecule has 0 radical (unpaired) electrons. The maximum absolute atomic E-state index is 13.0. The molecular weight excluding hydrogens is 331 g/mol. The van der Waals surface area contributed by atoms with Crippen LogP contribution in [-0.4, -0.2) is 14.5 Å². The average Bonchev–Trinajstić information content (AvgIpc) is 2.47. The largest absolute Gasteiger partial charge is 0.416 e. The van der Waals surface area contributed by atoms with Crippen molar-refractivity contribution in [1.29, 1.82) is 0 Å². The van der Waals surface area contributed by atoms with Gasteiger partial charge in [-0.05, 0) is 31.2 Å². The second-order valence-electron chi connectivity index (χ2n) is 4.86. The van der Waals surface area contributed by atoms with Gasteiger partial charge in [0.15, 0.2) is 5.15 Å². The lowest BCUT2D eigenvalue weighted by Crippen LogP contribution is -2.23. The van der Waals surface area contributed by atoms with Gasteiger partial charge in [-0.1, -0.05) is 17.7 Å². The van der Waals surface area contributed by atoms with Crippen LogP contribution in [0, 0.1) is 6.92 Å². The fourth-order valence-electron chi connectivity index (χ4n) is 2.33. The summed E-state index contributed by atoms with van der Waals surface area (Å²) >= 11 is 5.98. The van der Waals surface area contributed by atoms with Crippen molar-refractivity contribution in [2.24, 2.45) is 0 Å². The van der Waals surface area contributed by atoms with Crippen LogP contribution >= 0.6 is 11.6 Å². The molecule has 0 N–H and O–H groups in total. The number of hydrogen-bond donors (Lipinski definition) is 0. The number of benzene rings is 1. The van der Waals surface area contributed by atoms with Crippen LogP contribution in [-0.2, 0) is 6.18 Å². The van der Waals surface area contributed by atoms with E-state index in [1.807, 2.05) is 0 Å². The highest BCUT2D eigenvalue weighted by molar-refractivity contribution is 6.31. The van der Waals surface area contributed by atoms with Gasteiger partial charge in [0.2, 0.25) is 0 Å². The van der Waals surface area contributed by atoms with Crippen LogP contribution < -0.4 is 5.69 Å². The topological polar surface area (TPSA) is 47.8 Å². The Morgan fingerprint density at radius 2 is 1.96 bits per heavy atom. The molecule has 0 amide bonds. The third-order valence-electron chi connectivity index (χ3n) is 3.39. The van der Waals surface area contributed by atoms with Crippen LogP contribution in [0.4, 0.5) is 13.2 Å². The number of hydrogen-bond acceptors (Lipinski definition) is 3. The summed E-state index contributed by atoms with van der Waals surface area (Å²) in [5, 5.41) is 0.427. The fraction of sp³-hybridized carbons (Fsp3) is 0.133. The number of fused-ring (bicyclic) bond motifs is 1. The van der Waals surface area contributed by atoms with Crippen LogP contribution in [0.25, 0.3) is 16.6 Å². The summed E-state index contributed by atoms with van der Waals surface area (Å²) in [6.45, 7) is 1.56. The van der Waals surface area contributed by atoms with Crippen LogP contribution in [0.3, 0.4) is 0 Å². The van der Waals surface area contributed by atoms with Gasteiger partial charge in [-0.2, -0.15) is 18.2 Å². The zero-order valence-electron chi connectivity index (χ0n) is 11.7. The number of nitrogens with zero attached hydrogens (tertiary/aromatic N) is 3. The maximum Gasteiger partial charge on any atom is 0.416 e. The van der Waals surface area contributed by atoms with Crippen molar-refractivity contribution in [1.82, 2.24) is 14.5 Å². The molecule has 0 saturated heterocycles.